The Morgan fingerprint density at radius 3 is 2.62 bits per heavy atom. The summed E-state index contributed by atoms with van der Waals surface area (Å²) in [5.41, 5.74) is 3.16. The number of aromatic nitrogens is 2. The molecular weight excluding hydrogens is 264 g/mol. The van der Waals surface area contributed by atoms with Gasteiger partial charge in [0.15, 0.2) is 0 Å². The van der Waals surface area contributed by atoms with E-state index < -0.39 is 0 Å². The molecule has 2 N–H and O–H groups in total. The van der Waals surface area contributed by atoms with Crippen molar-refractivity contribution in [2.24, 2.45) is 0 Å². The van der Waals surface area contributed by atoms with Crippen LogP contribution >= 0.6 is 0 Å². The summed E-state index contributed by atoms with van der Waals surface area (Å²) in [5, 5.41) is 5.66. The molecule has 1 aromatic carbocycles. The van der Waals surface area contributed by atoms with E-state index in [0.29, 0.717) is 12.6 Å². The van der Waals surface area contributed by atoms with Crippen molar-refractivity contribution in [3.05, 3.63) is 29.6 Å². The smallest absolute Gasteiger partial charge is 0.315 e. The number of hydrogen-bond acceptors (Lipinski definition) is 2. The molecular formula is C16H24N4O. The van der Waals surface area contributed by atoms with Crippen molar-refractivity contribution in [2.45, 2.75) is 53.2 Å². The number of nitrogens with one attached hydrogen (secondary N) is 2. The molecule has 0 aliphatic heterocycles. The van der Waals surface area contributed by atoms with Crippen LogP contribution in [0.15, 0.2) is 18.2 Å². The zero-order valence-corrected chi connectivity index (χ0v) is 13.4. The van der Waals surface area contributed by atoms with E-state index in [2.05, 4.69) is 40.1 Å². The predicted molar refractivity (Wildman–Crippen MR) is 85.4 cm³/mol. The van der Waals surface area contributed by atoms with Gasteiger partial charge in [-0.1, -0.05) is 6.07 Å². The summed E-state index contributed by atoms with van der Waals surface area (Å²) >= 11 is 0. The first kappa shape index (κ1) is 15.4. The van der Waals surface area contributed by atoms with Gasteiger partial charge in [0.2, 0.25) is 0 Å². The molecule has 0 atom stereocenters. The van der Waals surface area contributed by atoms with Gasteiger partial charge >= 0.3 is 6.03 Å². The molecule has 0 fully saturated rings. The molecule has 0 aliphatic rings. The first-order chi connectivity index (χ1) is 9.88. The summed E-state index contributed by atoms with van der Waals surface area (Å²) in [6.07, 6.45) is 0. The average molecular weight is 288 g/mol. The molecule has 0 unspecified atom stereocenters. The van der Waals surface area contributed by atoms with Crippen molar-refractivity contribution in [1.82, 2.24) is 20.2 Å². The second-order valence-electron chi connectivity index (χ2n) is 5.93. The fourth-order valence-electron chi connectivity index (χ4n) is 2.52. The maximum Gasteiger partial charge on any atom is 0.315 e. The van der Waals surface area contributed by atoms with Crippen LogP contribution in [0.25, 0.3) is 11.0 Å². The summed E-state index contributed by atoms with van der Waals surface area (Å²) in [4.78, 5) is 16.2. The summed E-state index contributed by atoms with van der Waals surface area (Å²) < 4.78 is 2.22. The third kappa shape index (κ3) is 3.54. The lowest BCUT2D eigenvalue weighted by Crippen LogP contribution is -2.39. The molecule has 5 heteroatoms. The molecule has 0 radical (unpaired) electrons. The van der Waals surface area contributed by atoms with E-state index in [4.69, 9.17) is 0 Å². The van der Waals surface area contributed by atoms with E-state index in [-0.39, 0.29) is 12.1 Å². The number of carbonyl (C=O) groups excluding carboxylic acids is 1. The highest BCUT2D eigenvalue weighted by atomic mass is 16.2. The normalized spacial score (nSPS) is 11.4. The highest BCUT2D eigenvalue weighted by molar-refractivity contribution is 5.78. The van der Waals surface area contributed by atoms with E-state index in [1.54, 1.807) is 0 Å². The van der Waals surface area contributed by atoms with Crippen molar-refractivity contribution in [3.63, 3.8) is 0 Å². The van der Waals surface area contributed by atoms with Crippen LogP contribution in [0.1, 0.15) is 45.1 Å². The Morgan fingerprint density at radius 2 is 2.00 bits per heavy atom. The van der Waals surface area contributed by atoms with Crippen LogP contribution in [0.5, 0.6) is 0 Å². The molecule has 0 bridgehead atoms. The molecule has 1 aromatic heterocycles. The molecule has 21 heavy (non-hydrogen) atoms. The van der Waals surface area contributed by atoms with Gasteiger partial charge < -0.3 is 15.2 Å². The van der Waals surface area contributed by atoms with Gasteiger partial charge in [0.1, 0.15) is 5.82 Å². The third-order valence-electron chi connectivity index (χ3n) is 3.32. The number of amides is 2. The lowest BCUT2D eigenvalue weighted by atomic mass is 10.2. The fourth-order valence-corrected chi connectivity index (χ4v) is 2.52. The van der Waals surface area contributed by atoms with Gasteiger partial charge in [0, 0.05) is 18.6 Å². The highest BCUT2D eigenvalue weighted by Crippen LogP contribution is 2.21. The molecule has 0 saturated heterocycles. The second kappa shape index (κ2) is 6.16. The standard InChI is InChI=1S/C16H24N4O/c1-10(2)18-16(21)17-9-13-6-7-15-14(8-13)19-12(5)20(15)11(3)4/h6-8,10-11H,9H2,1-5H3,(H2,17,18,21). The van der Waals surface area contributed by atoms with Gasteiger partial charge in [0.05, 0.1) is 11.0 Å². The summed E-state index contributed by atoms with van der Waals surface area (Å²) in [6.45, 7) is 10.7. The van der Waals surface area contributed by atoms with E-state index >= 15 is 0 Å². The minimum atomic E-state index is -0.144. The number of carbonyl (C=O) groups is 1. The first-order valence-electron chi connectivity index (χ1n) is 7.40. The van der Waals surface area contributed by atoms with Crippen LogP contribution in [0.2, 0.25) is 0 Å². The number of rotatable bonds is 4. The molecule has 5 nitrogen and oxygen atoms in total. The van der Waals surface area contributed by atoms with Gasteiger partial charge in [0.25, 0.3) is 0 Å². The fraction of sp³-hybridized carbons (Fsp3) is 0.500. The SMILES string of the molecule is Cc1nc2cc(CNC(=O)NC(C)C)ccc2n1C(C)C. The minimum Gasteiger partial charge on any atom is -0.336 e. The summed E-state index contributed by atoms with van der Waals surface area (Å²) in [5.74, 6) is 1.02. The Hall–Kier alpha value is -2.04. The molecule has 0 aliphatic carbocycles. The van der Waals surface area contributed by atoms with E-state index in [1.165, 1.54) is 0 Å². The number of fused-ring (bicyclic) bond motifs is 1. The quantitative estimate of drug-likeness (QED) is 0.908. The number of nitrogens with zero attached hydrogens (tertiary/aromatic N) is 2. The number of hydrogen-bond donors (Lipinski definition) is 2. The van der Waals surface area contributed by atoms with E-state index in [0.717, 1.165) is 22.4 Å². The van der Waals surface area contributed by atoms with Crippen LogP contribution in [-0.2, 0) is 6.54 Å². The molecule has 2 rings (SSSR count). The molecule has 1 heterocycles. The maximum atomic E-state index is 11.6. The largest absolute Gasteiger partial charge is 0.336 e. The number of aryl methyl sites for hydroxylation is 1. The average Bonchev–Trinajstić information content (AvgIpc) is 2.70. The van der Waals surface area contributed by atoms with Gasteiger partial charge in [-0.2, -0.15) is 0 Å². The Morgan fingerprint density at radius 1 is 1.29 bits per heavy atom. The molecule has 114 valence electrons. The maximum absolute atomic E-state index is 11.6. The molecule has 2 amide bonds. The number of benzene rings is 1. The van der Waals surface area contributed by atoms with Crippen molar-refractivity contribution >= 4 is 17.1 Å². The van der Waals surface area contributed by atoms with Crippen molar-refractivity contribution < 1.29 is 4.79 Å². The van der Waals surface area contributed by atoms with Gasteiger partial charge in [-0.25, -0.2) is 9.78 Å². The van der Waals surface area contributed by atoms with Crippen LogP contribution in [0.4, 0.5) is 4.79 Å². The monoisotopic (exact) mass is 288 g/mol. The third-order valence-corrected chi connectivity index (χ3v) is 3.32. The van der Waals surface area contributed by atoms with Crippen LogP contribution in [0, 0.1) is 6.92 Å². The lowest BCUT2D eigenvalue weighted by Gasteiger charge is -2.11. The molecule has 0 spiro atoms. The molecule has 2 aromatic rings. The summed E-state index contributed by atoms with van der Waals surface area (Å²) in [7, 11) is 0. The summed E-state index contributed by atoms with van der Waals surface area (Å²) in [6, 6.07) is 6.53. The van der Waals surface area contributed by atoms with Gasteiger partial charge in [-0.05, 0) is 52.3 Å². The minimum absolute atomic E-state index is 0.136. The zero-order chi connectivity index (χ0) is 15.6. The molecule has 0 saturated carbocycles. The van der Waals surface area contributed by atoms with Crippen molar-refractivity contribution in [2.75, 3.05) is 0 Å². The van der Waals surface area contributed by atoms with E-state index in [1.807, 2.05) is 32.9 Å². The van der Waals surface area contributed by atoms with Gasteiger partial charge in [-0.15, -0.1) is 0 Å². The first-order valence-corrected chi connectivity index (χ1v) is 7.40. The van der Waals surface area contributed by atoms with E-state index in [9.17, 15) is 4.79 Å². The Bertz CT molecular complexity index is 643. The predicted octanol–water partition coefficient (Wildman–Crippen LogP) is 3.13. The highest BCUT2D eigenvalue weighted by Gasteiger charge is 2.10. The van der Waals surface area contributed by atoms with Gasteiger partial charge in [-0.3, -0.25) is 0 Å². The van der Waals surface area contributed by atoms with Crippen molar-refractivity contribution in [1.29, 1.82) is 0 Å². The van der Waals surface area contributed by atoms with Crippen LogP contribution in [-0.4, -0.2) is 21.6 Å². The van der Waals surface area contributed by atoms with Crippen molar-refractivity contribution in [3.8, 4) is 0 Å². The van der Waals surface area contributed by atoms with Crippen LogP contribution < -0.4 is 10.6 Å². The number of urea groups is 1. The number of imidazole rings is 1. The lowest BCUT2D eigenvalue weighted by molar-refractivity contribution is 0.238. The zero-order valence-electron chi connectivity index (χ0n) is 13.4. The Balaban J connectivity index is 2.15. The van der Waals surface area contributed by atoms with Crippen LogP contribution in [0.3, 0.4) is 0 Å². The Kier molecular flexibility index (Phi) is 4.50. The second-order valence-corrected chi connectivity index (χ2v) is 5.93. The topological polar surface area (TPSA) is 59.0 Å². The Labute approximate surface area is 125 Å².